The van der Waals surface area contributed by atoms with E-state index in [0.717, 1.165) is 9.82 Å². The van der Waals surface area contributed by atoms with Gasteiger partial charge in [0.2, 0.25) is 10.0 Å². The van der Waals surface area contributed by atoms with E-state index < -0.39 is 14.9 Å². The van der Waals surface area contributed by atoms with E-state index in [4.69, 9.17) is 0 Å². The summed E-state index contributed by atoms with van der Waals surface area (Å²) in [5, 5.41) is 11.0. The van der Waals surface area contributed by atoms with Crippen molar-refractivity contribution in [3.8, 4) is 11.4 Å². The van der Waals surface area contributed by atoms with Crippen molar-refractivity contribution in [3.05, 3.63) is 52.6 Å². The van der Waals surface area contributed by atoms with Crippen LogP contribution in [0.5, 0.6) is 0 Å². The van der Waals surface area contributed by atoms with E-state index >= 15 is 0 Å². The molecule has 2 aromatic carbocycles. The second-order valence-corrected chi connectivity index (χ2v) is 8.08. The zero-order valence-corrected chi connectivity index (χ0v) is 15.4. The molecule has 136 valence electrons. The molecule has 0 N–H and O–H groups in total. The Bertz CT molecular complexity index is 1100. The Hall–Kier alpha value is -2.78. The quantitative estimate of drug-likeness (QED) is 0.505. The van der Waals surface area contributed by atoms with Gasteiger partial charge in [-0.1, -0.05) is 12.1 Å². The lowest BCUT2D eigenvalue weighted by atomic mass is 10.2. The van der Waals surface area contributed by atoms with Gasteiger partial charge in [0.25, 0.3) is 5.69 Å². The third-order valence-electron chi connectivity index (χ3n) is 4.13. The van der Waals surface area contributed by atoms with Crippen molar-refractivity contribution < 1.29 is 13.3 Å². The number of hydrogen-bond acceptors (Lipinski definition) is 5. The van der Waals surface area contributed by atoms with Crippen LogP contribution in [-0.4, -0.2) is 41.3 Å². The maximum atomic E-state index is 12.3. The minimum Gasteiger partial charge on any atom is -0.324 e. The van der Waals surface area contributed by atoms with E-state index in [-0.39, 0.29) is 10.6 Å². The van der Waals surface area contributed by atoms with Crippen LogP contribution in [0.3, 0.4) is 0 Å². The Morgan fingerprint density at radius 2 is 1.92 bits per heavy atom. The smallest absolute Gasteiger partial charge is 0.270 e. The van der Waals surface area contributed by atoms with Crippen molar-refractivity contribution in [1.29, 1.82) is 0 Å². The van der Waals surface area contributed by atoms with Gasteiger partial charge >= 0.3 is 0 Å². The highest BCUT2D eigenvalue weighted by Crippen LogP contribution is 2.29. The van der Waals surface area contributed by atoms with Crippen LogP contribution < -0.4 is 0 Å². The summed E-state index contributed by atoms with van der Waals surface area (Å²) in [7, 11) is -0.625. The van der Waals surface area contributed by atoms with E-state index in [1.807, 2.05) is 11.5 Å². The van der Waals surface area contributed by atoms with Gasteiger partial charge in [0.1, 0.15) is 5.82 Å². The van der Waals surface area contributed by atoms with E-state index in [0.29, 0.717) is 23.4 Å². The van der Waals surface area contributed by atoms with Crippen molar-refractivity contribution in [1.82, 2.24) is 13.9 Å². The number of nitro groups is 1. The molecule has 9 heteroatoms. The van der Waals surface area contributed by atoms with Gasteiger partial charge in [-0.15, -0.1) is 0 Å². The number of aryl methyl sites for hydroxylation is 1. The number of imidazole rings is 1. The number of nitro benzene ring substituents is 1. The fraction of sp³-hybridized carbons (Fsp3) is 0.235. The van der Waals surface area contributed by atoms with Crippen molar-refractivity contribution in [2.24, 2.45) is 0 Å². The van der Waals surface area contributed by atoms with E-state index in [9.17, 15) is 18.5 Å². The van der Waals surface area contributed by atoms with Gasteiger partial charge in [-0.3, -0.25) is 10.1 Å². The van der Waals surface area contributed by atoms with Crippen molar-refractivity contribution in [3.63, 3.8) is 0 Å². The minimum absolute atomic E-state index is 0.0203. The topological polar surface area (TPSA) is 98.3 Å². The Balaban J connectivity index is 2.22. The van der Waals surface area contributed by atoms with Gasteiger partial charge < -0.3 is 4.57 Å². The molecule has 3 aromatic rings. The first-order valence-corrected chi connectivity index (χ1v) is 9.37. The summed E-state index contributed by atoms with van der Waals surface area (Å²) in [6, 6.07) is 11.0. The monoisotopic (exact) mass is 374 g/mol. The average molecular weight is 374 g/mol. The number of nitrogens with zero attached hydrogens (tertiary/aromatic N) is 4. The standard InChI is InChI=1S/C17H18N4O4S/c1-4-20-16-9-8-14(26(24,25)19(2)3)11-15(16)18-17(20)12-6-5-7-13(10-12)21(22)23/h5-11H,4H2,1-3H3. The molecule has 0 bridgehead atoms. The van der Waals surface area contributed by atoms with Gasteiger partial charge in [-0.2, -0.15) is 0 Å². The van der Waals surface area contributed by atoms with Crippen molar-refractivity contribution in [2.75, 3.05) is 14.1 Å². The molecular weight excluding hydrogens is 356 g/mol. The largest absolute Gasteiger partial charge is 0.324 e. The van der Waals surface area contributed by atoms with Crippen LogP contribution >= 0.6 is 0 Å². The molecular formula is C17H18N4O4S. The highest BCUT2D eigenvalue weighted by atomic mass is 32.2. The molecule has 8 nitrogen and oxygen atoms in total. The summed E-state index contributed by atoms with van der Waals surface area (Å²) in [6.45, 7) is 2.53. The first kappa shape index (κ1) is 18.0. The molecule has 0 atom stereocenters. The van der Waals surface area contributed by atoms with Crippen LogP contribution in [0.2, 0.25) is 0 Å². The second kappa shape index (κ2) is 6.50. The number of benzene rings is 2. The first-order chi connectivity index (χ1) is 12.3. The summed E-state index contributed by atoms with van der Waals surface area (Å²) in [5.41, 5.74) is 1.88. The highest BCUT2D eigenvalue weighted by Gasteiger charge is 2.20. The van der Waals surface area contributed by atoms with Crippen LogP contribution in [-0.2, 0) is 16.6 Å². The first-order valence-electron chi connectivity index (χ1n) is 7.93. The van der Waals surface area contributed by atoms with Gasteiger partial charge in [-0.05, 0) is 25.1 Å². The molecule has 0 aliphatic carbocycles. The lowest BCUT2D eigenvalue weighted by molar-refractivity contribution is -0.384. The second-order valence-electron chi connectivity index (χ2n) is 5.93. The number of sulfonamides is 1. The van der Waals surface area contributed by atoms with Crippen LogP contribution in [0.15, 0.2) is 47.4 Å². The van der Waals surface area contributed by atoms with E-state index in [2.05, 4.69) is 4.98 Å². The normalized spacial score (nSPS) is 12.0. The fourth-order valence-electron chi connectivity index (χ4n) is 2.78. The van der Waals surface area contributed by atoms with Crippen LogP contribution in [0.1, 0.15) is 6.92 Å². The lowest BCUT2D eigenvalue weighted by Crippen LogP contribution is -2.22. The number of fused-ring (bicyclic) bond motifs is 1. The lowest BCUT2D eigenvalue weighted by Gasteiger charge is -2.11. The van der Waals surface area contributed by atoms with Crippen LogP contribution in [0.4, 0.5) is 5.69 Å². The molecule has 1 aromatic heterocycles. The molecule has 26 heavy (non-hydrogen) atoms. The SMILES string of the molecule is CCn1c(-c2cccc([N+](=O)[O-])c2)nc2cc(S(=O)(=O)N(C)C)ccc21. The molecule has 0 aliphatic heterocycles. The number of aromatic nitrogens is 2. The van der Waals surface area contributed by atoms with Gasteiger partial charge in [0, 0.05) is 38.3 Å². The molecule has 1 heterocycles. The highest BCUT2D eigenvalue weighted by molar-refractivity contribution is 7.89. The fourth-order valence-corrected chi connectivity index (χ4v) is 3.70. The Labute approximate surface area is 150 Å². The molecule has 0 saturated heterocycles. The summed E-state index contributed by atoms with van der Waals surface area (Å²) >= 11 is 0. The van der Waals surface area contributed by atoms with Crippen molar-refractivity contribution in [2.45, 2.75) is 18.4 Å². The zero-order valence-electron chi connectivity index (χ0n) is 14.6. The molecule has 0 radical (unpaired) electrons. The zero-order chi connectivity index (χ0) is 19.1. The summed E-state index contributed by atoms with van der Waals surface area (Å²) in [4.78, 5) is 15.3. The molecule has 0 spiro atoms. The minimum atomic E-state index is -3.57. The van der Waals surface area contributed by atoms with Gasteiger partial charge in [0.05, 0.1) is 20.9 Å². The predicted octanol–water partition coefficient (Wildman–Crippen LogP) is 2.88. The summed E-state index contributed by atoms with van der Waals surface area (Å²) in [6.07, 6.45) is 0. The molecule has 0 saturated carbocycles. The predicted molar refractivity (Wildman–Crippen MR) is 98.4 cm³/mol. The molecule has 0 amide bonds. The molecule has 0 unspecified atom stereocenters. The Kier molecular flexibility index (Phi) is 4.51. The van der Waals surface area contributed by atoms with Gasteiger partial charge in [0.15, 0.2) is 0 Å². The average Bonchev–Trinajstić information content (AvgIpc) is 2.99. The molecule has 0 fully saturated rings. The number of non-ortho nitro benzene ring substituents is 1. The van der Waals surface area contributed by atoms with Gasteiger partial charge in [-0.25, -0.2) is 17.7 Å². The van der Waals surface area contributed by atoms with Crippen LogP contribution in [0, 0.1) is 10.1 Å². The molecule has 0 aliphatic rings. The van der Waals surface area contributed by atoms with Crippen LogP contribution in [0.25, 0.3) is 22.4 Å². The number of hydrogen-bond donors (Lipinski definition) is 0. The third-order valence-corrected chi connectivity index (χ3v) is 5.94. The Morgan fingerprint density at radius 1 is 1.19 bits per heavy atom. The summed E-state index contributed by atoms with van der Waals surface area (Å²) < 4.78 is 27.7. The Morgan fingerprint density at radius 3 is 2.54 bits per heavy atom. The van der Waals surface area contributed by atoms with E-state index in [1.165, 1.54) is 32.3 Å². The number of rotatable bonds is 5. The molecule has 3 rings (SSSR count). The maximum absolute atomic E-state index is 12.3. The van der Waals surface area contributed by atoms with Crippen molar-refractivity contribution >= 4 is 26.7 Å². The van der Waals surface area contributed by atoms with E-state index in [1.54, 1.807) is 24.3 Å². The summed E-state index contributed by atoms with van der Waals surface area (Å²) in [5.74, 6) is 0.561. The third kappa shape index (κ3) is 2.95. The maximum Gasteiger partial charge on any atom is 0.270 e.